The molecule has 2 nitrogen and oxygen atoms in total. The van der Waals surface area contributed by atoms with Crippen molar-refractivity contribution in [2.24, 2.45) is 5.92 Å². The fourth-order valence-electron chi connectivity index (χ4n) is 3.47. The van der Waals surface area contributed by atoms with Crippen molar-refractivity contribution in [2.75, 3.05) is 19.6 Å². The van der Waals surface area contributed by atoms with E-state index in [9.17, 15) is 0 Å². The third-order valence-corrected chi connectivity index (χ3v) is 5.08. The lowest BCUT2D eigenvalue weighted by Crippen LogP contribution is -2.42. The molecule has 0 spiro atoms. The molecule has 1 atom stereocenters. The minimum absolute atomic E-state index is 0.673. The monoisotopic (exact) mass is 288 g/mol. The maximum atomic E-state index is 3.67. The van der Waals surface area contributed by atoms with E-state index in [1.807, 2.05) is 0 Å². The average molecular weight is 288 g/mol. The quantitative estimate of drug-likeness (QED) is 0.854. The van der Waals surface area contributed by atoms with Crippen LogP contribution in [-0.4, -0.2) is 30.6 Å². The van der Waals surface area contributed by atoms with Crippen molar-refractivity contribution in [1.82, 2.24) is 10.2 Å². The van der Waals surface area contributed by atoms with Crippen LogP contribution in [0.5, 0.6) is 0 Å². The van der Waals surface area contributed by atoms with Gasteiger partial charge in [-0.25, -0.2) is 0 Å². The molecule has 0 bridgehead atoms. The summed E-state index contributed by atoms with van der Waals surface area (Å²) >= 11 is 0. The Morgan fingerprint density at radius 1 is 1.19 bits per heavy atom. The van der Waals surface area contributed by atoms with E-state index < -0.39 is 0 Å². The van der Waals surface area contributed by atoms with Gasteiger partial charge in [0.05, 0.1) is 0 Å². The first kappa shape index (κ1) is 16.5. The topological polar surface area (TPSA) is 15.3 Å². The molecule has 0 saturated carbocycles. The van der Waals surface area contributed by atoms with Crippen molar-refractivity contribution in [3.05, 3.63) is 34.9 Å². The molecule has 1 saturated heterocycles. The lowest BCUT2D eigenvalue weighted by Gasteiger charge is -2.35. The molecule has 1 heterocycles. The summed E-state index contributed by atoms with van der Waals surface area (Å²) in [6, 6.07) is 7.33. The van der Waals surface area contributed by atoms with Gasteiger partial charge < -0.3 is 5.32 Å². The van der Waals surface area contributed by atoms with Crippen molar-refractivity contribution in [3.8, 4) is 0 Å². The smallest absolute Gasteiger partial charge is 0.0238 e. The maximum Gasteiger partial charge on any atom is 0.0238 e. The molecule has 1 aliphatic heterocycles. The summed E-state index contributed by atoms with van der Waals surface area (Å²) < 4.78 is 0. The van der Waals surface area contributed by atoms with Gasteiger partial charge in [-0.2, -0.15) is 0 Å². The molecule has 0 amide bonds. The highest BCUT2D eigenvalue weighted by atomic mass is 15.1. The van der Waals surface area contributed by atoms with Crippen molar-refractivity contribution >= 4 is 0 Å². The number of nitrogens with zero attached hydrogens (tertiary/aromatic N) is 1. The van der Waals surface area contributed by atoms with Crippen LogP contribution in [0.4, 0.5) is 0 Å². The summed E-state index contributed by atoms with van der Waals surface area (Å²) in [6.07, 6.45) is 3.90. The molecule has 2 heteroatoms. The van der Waals surface area contributed by atoms with E-state index in [2.05, 4.69) is 56.1 Å². The molecule has 2 rings (SSSR count). The van der Waals surface area contributed by atoms with Crippen molar-refractivity contribution < 1.29 is 0 Å². The summed E-state index contributed by atoms with van der Waals surface area (Å²) in [4.78, 5) is 2.64. The molecular formula is C19H32N2. The number of nitrogens with one attached hydrogen (secondary N) is 1. The summed E-state index contributed by atoms with van der Waals surface area (Å²) in [5.74, 6) is 0.853. The van der Waals surface area contributed by atoms with Gasteiger partial charge in [-0.05, 0) is 82.3 Å². The van der Waals surface area contributed by atoms with Crippen LogP contribution in [0.2, 0.25) is 0 Å². The SMILES string of the molecule is CCCNC(C)C1CCN(Cc2c(C)cccc2C)CC1. The lowest BCUT2D eigenvalue weighted by atomic mass is 9.89. The Balaban J connectivity index is 1.84. The standard InChI is InChI=1S/C19H32N2/c1-5-11-20-17(4)18-9-12-21(13-10-18)14-19-15(2)7-6-8-16(19)3/h6-8,17-18,20H,5,9-14H2,1-4H3. The minimum atomic E-state index is 0.673. The van der Waals surface area contributed by atoms with Crippen LogP contribution in [0, 0.1) is 19.8 Å². The van der Waals surface area contributed by atoms with Crippen LogP contribution < -0.4 is 5.32 Å². The van der Waals surface area contributed by atoms with Gasteiger partial charge in [0.1, 0.15) is 0 Å². The van der Waals surface area contributed by atoms with Crippen molar-refractivity contribution in [3.63, 3.8) is 0 Å². The first-order valence-corrected chi connectivity index (χ1v) is 8.62. The predicted molar refractivity (Wildman–Crippen MR) is 91.7 cm³/mol. The zero-order valence-electron chi connectivity index (χ0n) is 14.3. The van der Waals surface area contributed by atoms with Gasteiger partial charge in [0, 0.05) is 12.6 Å². The second kappa shape index (κ2) is 7.95. The van der Waals surface area contributed by atoms with E-state index in [1.54, 1.807) is 0 Å². The number of piperidine rings is 1. The molecule has 21 heavy (non-hydrogen) atoms. The van der Waals surface area contributed by atoms with Gasteiger partial charge in [-0.15, -0.1) is 0 Å². The summed E-state index contributed by atoms with van der Waals surface area (Å²) in [6.45, 7) is 13.9. The first-order valence-electron chi connectivity index (χ1n) is 8.62. The molecule has 0 radical (unpaired) electrons. The number of benzene rings is 1. The second-order valence-corrected chi connectivity index (χ2v) is 6.73. The van der Waals surface area contributed by atoms with Gasteiger partial charge in [-0.3, -0.25) is 4.90 Å². The second-order valence-electron chi connectivity index (χ2n) is 6.73. The Bertz CT molecular complexity index is 413. The molecule has 1 aliphatic rings. The summed E-state index contributed by atoms with van der Waals surface area (Å²) in [7, 11) is 0. The Morgan fingerprint density at radius 2 is 1.81 bits per heavy atom. The fraction of sp³-hybridized carbons (Fsp3) is 0.684. The highest BCUT2D eigenvalue weighted by Crippen LogP contribution is 2.23. The third kappa shape index (κ3) is 4.55. The zero-order chi connectivity index (χ0) is 15.2. The Kier molecular flexibility index (Phi) is 6.25. The molecule has 1 aromatic rings. The normalized spacial score (nSPS) is 18.9. The predicted octanol–water partition coefficient (Wildman–Crippen LogP) is 3.90. The van der Waals surface area contributed by atoms with Crippen LogP contribution in [0.15, 0.2) is 18.2 Å². The van der Waals surface area contributed by atoms with Gasteiger partial charge in [0.2, 0.25) is 0 Å². The van der Waals surface area contributed by atoms with E-state index in [0.29, 0.717) is 6.04 Å². The highest BCUT2D eigenvalue weighted by molar-refractivity contribution is 5.33. The molecule has 0 aliphatic carbocycles. The number of likely N-dealkylation sites (tertiary alicyclic amines) is 1. The van der Waals surface area contributed by atoms with Crippen LogP contribution in [0.25, 0.3) is 0 Å². The molecular weight excluding hydrogens is 256 g/mol. The van der Waals surface area contributed by atoms with Crippen LogP contribution in [-0.2, 0) is 6.54 Å². The van der Waals surface area contributed by atoms with Crippen molar-refractivity contribution in [2.45, 2.75) is 59.5 Å². The Morgan fingerprint density at radius 3 is 2.38 bits per heavy atom. The van der Waals surface area contributed by atoms with E-state index in [0.717, 1.165) is 19.0 Å². The van der Waals surface area contributed by atoms with E-state index in [-0.39, 0.29) is 0 Å². The number of hydrogen-bond acceptors (Lipinski definition) is 2. The molecule has 1 unspecified atom stereocenters. The largest absolute Gasteiger partial charge is 0.314 e. The fourth-order valence-corrected chi connectivity index (χ4v) is 3.47. The number of hydrogen-bond donors (Lipinski definition) is 1. The van der Waals surface area contributed by atoms with Crippen LogP contribution in [0.3, 0.4) is 0 Å². The van der Waals surface area contributed by atoms with Gasteiger partial charge in [-0.1, -0.05) is 25.1 Å². The summed E-state index contributed by atoms with van der Waals surface area (Å²) in [5, 5.41) is 3.67. The van der Waals surface area contributed by atoms with Crippen LogP contribution >= 0.6 is 0 Å². The minimum Gasteiger partial charge on any atom is -0.314 e. The molecule has 1 fully saturated rings. The average Bonchev–Trinajstić information content (AvgIpc) is 2.49. The first-order chi connectivity index (χ1) is 10.1. The Labute approximate surface area is 130 Å². The van der Waals surface area contributed by atoms with Gasteiger partial charge >= 0.3 is 0 Å². The molecule has 1 N–H and O–H groups in total. The number of rotatable bonds is 6. The van der Waals surface area contributed by atoms with Gasteiger partial charge in [0.15, 0.2) is 0 Å². The maximum absolute atomic E-state index is 3.67. The van der Waals surface area contributed by atoms with Crippen molar-refractivity contribution in [1.29, 1.82) is 0 Å². The van der Waals surface area contributed by atoms with Crippen LogP contribution in [0.1, 0.15) is 49.8 Å². The van der Waals surface area contributed by atoms with E-state index >= 15 is 0 Å². The lowest BCUT2D eigenvalue weighted by molar-refractivity contribution is 0.156. The highest BCUT2D eigenvalue weighted by Gasteiger charge is 2.23. The molecule has 1 aromatic carbocycles. The molecule has 0 aromatic heterocycles. The third-order valence-electron chi connectivity index (χ3n) is 5.08. The Hall–Kier alpha value is -0.860. The van der Waals surface area contributed by atoms with Gasteiger partial charge in [0.25, 0.3) is 0 Å². The van der Waals surface area contributed by atoms with E-state index in [4.69, 9.17) is 0 Å². The zero-order valence-corrected chi connectivity index (χ0v) is 14.3. The van der Waals surface area contributed by atoms with E-state index in [1.165, 1.54) is 49.0 Å². The number of aryl methyl sites for hydroxylation is 2. The summed E-state index contributed by atoms with van der Waals surface area (Å²) in [5.41, 5.74) is 4.42. The molecule has 118 valence electrons.